The molecule has 3 rings (SSSR count). The molecule has 0 aliphatic heterocycles. The summed E-state index contributed by atoms with van der Waals surface area (Å²) in [6.07, 6.45) is 0. The highest BCUT2D eigenvalue weighted by Crippen LogP contribution is 2.30. The van der Waals surface area contributed by atoms with Gasteiger partial charge < -0.3 is 5.32 Å². The molecule has 0 saturated heterocycles. The Morgan fingerprint density at radius 2 is 1.81 bits per heavy atom. The number of hydrogen-bond donors (Lipinski definition) is 1. The van der Waals surface area contributed by atoms with Gasteiger partial charge in [0.1, 0.15) is 11.6 Å². The standard InChI is InChI=1S/C21H22ClF2N5OS/c1-12(28(3)4)19-26-27-21(29(19)16-8-6-15(23)7-9-16)31-13(2)20(30)25-18-10-5-14(22)11-17(18)24/h5-13H,1-4H3,(H,25,30)/t12-,13-/m0/s1. The van der Waals surface area contributed by atoms with Crippen LogP contribution in [-0.4, -0.2) is 44.9 Å². The van der Waals surface area contributed by atoms with Crippen LogP contribution in [0.25, 0.3) is 5.69 Å². The van der Waals surface area contributed by atoms with Crippen LogP contribution in [0, 0.1) is 11.6 Å². The Kier molecular flexibility index (Phi) is 7.30. The summed E-state index contributed by atoms with van der Waals surface area (Å²) in [5, 5.41) is 11.2. The van der Waals surface area contributed by atoms with E-state index in [1.165, 1.54) is 36.0 Å². The number of carbonyl (C=O) groups is 1. The minimum absolute atomic E-state index is 0.0452. The van der Waals surface area contributed by atoms with Gasteiger partial charge in [0, 0.05) is 10.7 Å². The Morgan fingerprint density at radius 3 is 2.42 bits per heavy atom. The van der Waals surface area contributed by atoms with Crippen molar-refractivity contribution in [2.24, 2.45) is 0 Å². The molecule has 0 aliphatic rings. The van der Waals surface area contributed by atoms with Crippen molar-refractivity contribution in [3.05, 3.63) is 64.9 Å². The fourth-order valence-corrected chi connectivity index (χ4v) is 3.76. The minimum atomic E-state index is -0.616. The number of rotatable bonds is 7. The van der Waals surface area contributed by atoms with Crippen LogP contribution in [0.3, 0.4) is 0 Å². The molecule has 0 aliphatic carbocycles. The average Bonchev–Trinajstić information content (AvgIpc) is 3.13. The summed E-state index contributed by atoms with van der Waals surface area (Å²) in [4.78, 5) is 14.6. The summed E-state index contributed by atoms with van der Waals surface area (Å²) in [6.45, 7) is 3.66. The van der Waals surface area contributed by atoms with Crippen molar-refractivity contribution in [2.45, 2.75) is 30.3 Å². The number of amides is 1. The molecular formula is C21H22ClF2N5OS. The van der Waals surface area contributed by atoms with Crippen LogP contribution in [-0.2, 0) is 4.79 Å². The molecule has 10 heteroatoms. The summed E-state index contributed by atoms with van der Waals surface area (Å²) >= 11 is 6.93. The summed E-state index contributed by atoms with van der Waals surface area (Å²) < 4.78 is 29.3. The molecule has 1 aromatic heterocycles. The first kappa shape index (κ1) is 23.2. The van der Waals surface area contributed by atoms with Crippen molar-refractivity contribution < 1.29 is 13.6 Å². The smallest absolute Gasteiger partial charge is 0.237 e. The number of nitrogens with zero attached hydrogens (tertiary/aromatic N) is 4. The summed E-state index contributed by atoms with van der Waals surface area (Å²) in [5.74, 6) is -0.724. The van der Waals surface area contributed by atoms with E-state index in [2.05, 4.69) is 15.5 Å². The van der Waals surface area contributed by atoms with Crippen molar-refractivity contribution >= 4 is 35.0 Å². The van der Waals surface area contributed by atoms with Gasteiger partial charge in [-0.15, -0.1) is 10.2 Å². The fraction of sp³-hybridized carbons (Fsp3) is 0.286. The number of carbonyl (C=O) groups excluding carboxylic acids is 1. The Bertz CT molecular complexity index is 1070. The van der Waals surface area contributed by atoms with Gasteiger partial charge in [-0.2, -0.15) is 0 Å². The number of benzene rings is 2. The van der Waals surface area contributed by atoms with Crippen molar-refractivity contribution in [1.82, 2.24) is 19.7 Å². The lowest BCUT2D eigenvalue weighted by molar-refractivity contribution is -0.115. The van der Waals surface area contributed by atoms with Gasteiger partial charge in [-0.25, -0.2) is 8.78 Å². The second-order valence-electron chi connectivity index (χ2n) is 7.17. The van der Waals surface area contributed by atoms with Crippen LogP contribution in [0.4, 0.5) is 14.5 Å². The van der Waals surface area contributed by atoms with E-state index >= 15 is 0 Å². The molecule has 0 bridgehead atoms. The van der Waals surface area contributed by atoms with Crippen molar-refractivity contribution in [1.29, 1.82) is 0 Å². The SMILES string of the molecule is C[C@H](Sc1nnc([C@H](C)N(C)C)n1-c1ccc(F)cc1)C(=O)Nc1ccc(Cl)cc1F. The lowest BCUT2D eigenvalue weighted by Crippen LogP contribution is -2.24. The monoisotopic (exact) mass is 465 g/mol. The van der Waals surface area contributed by atoms with Crippen molar-refractivity contribution in [2.75, 3.05) is 19.4 Å². The van der Waals surface area contributed by atoms with Gasteiger partial charge in [0.05, 0.1) is 17.0 Å². The maximum atomic E-state index is 14.0. The zero-order valence-corrected chi connectivity index (χ0v) is 19.0. The molecule has 1 N–H and O–H groups in total. The zero-order chi connectivity index (χ0) is 22.7. The minimum Gasteiger partial charge on any atom is -0.323 e. The van der Waals surface area contributed by atoms with Crippen molar-refractivity contribution in [3.8, 4) is 5.69 Å². The highest BCUT2D eigenvalue weighted by atomic mass is 35.5. The lowest BCUT2D eigenvalue weighted by atomic mass is 10.2. The molecule has 2 atom stereocenters. The van der Waals surface area contributed by atoms with Gasteiger partial charge in [0.2, 0.25) is 5.91 Å². The maximum absolute atomic E-state index is 14.0. The molecular weight excluding hydrogens is 444 g/mol. The van der Waals surface area contributed by atoms with Crippen LogP contribution in [0.1, 0.15) is 25.7 Å². The van der Waals surface area contributed by atoms with E-state index < -0.39 is 17.0 Å². The predicted molar refractivity (Wildman–Crippen MR) is 119 cm³/mol. The number of thioether (sulfide) groups is 1. The van der Waals surface area contributed by atoms with E-state index in [0.29, 0.717) is 16.7 Å². The Morgan fingerprint density at radius 1 is 1.13 bits per heavy atom. The van der Waals surface area contributed by atoms with E-state index in [1.54, 1.807) is 23.6 Å². The van der Waals surface area contributed by atoms with E-state index in [-0.39, 0.29) is 22.6 Å². The number of hydrogen-bond acceptors (Lipinski definition) is 5. The Hall–Kier alpha value is -2.49. The molecule has 0 fully saturated rings. The highest BCUT2D eigenvalue weighted by Gasteiger charge is 2.25. The highest BCUT2D eigenvalue weighted by molar-refractivity contribution is 8.00. The number of nitrogens with one attached hydrogen (secondary N) is 1. The average molecular weight is 466 g/mol. The zero-order valence-electron chi connectivity index (χ0n) is 17.4. The molecule has 1 amide bonds. The number of aromatic nitrogens is 3. The first-order valence-corrected chi connectivity index (χ1v) is 10.7. The third-order valence-corrected chi connectivity index (χ3v) is 6.01. The molecule has 31 heavy (non-hydrogen) atoms. The molecule has 6 nitrogen and oxygen atoms in total. The first-order chi connectivity index (χ1) is 14.7. The molecule has 1 heterocycles. The van der Waals surface area contributed by atoms with Gasteiger partial charge in [0.15, 0.2) is 11.0 Å². The van der Waals surface area contributed by atoms with Crippen LogP contribution < -0.4 is 5.32 Å². The quantitative estimate of drug-likeness (QED) is 0.501. The van der Waals surface area contributed by atoms with Gasteiger partial charge in [-0.3, -0.25) is 14.3 Å². The number of halogens is 3. The molecule has 0 unspecified atom stereocenters. The largest absolute Gasteiger partial charge is 0.323 e. The molecule has 0 spiro atoms. The third kappa shape index (κ3) is 5.41. The summed E-state index contributed by atoms with van der Waals surface area (Å²) in [5.41, 5.74) is 0.720. The molecule has 3 aromatic rings. The Balaban J connectivity index is 1.87. The van der Waals surface area contributed by atoms with E-state index in [4.69, 9.17) is 11.6 Å². The fourth-order valence-electron chi connectivity index (χ4n) is 2.73. The van der Waals surface area contributed by atoms with Crippen LogP contribution in [0.2, 0.25) is 5.02 Å². The second kappa shape index (κ2) is 9.76. The van der Waals surface area contributed by atoms with Gasteiger partial charge in [-0.1, -0.05) is 23.4 Å². The first-order valence-electron chi connectivity index (χ1n) is 9.47. The summed E-state index contributed by atoms with van der Waals surface area (Å²) in [7, 11) is 3.83. The van der Waals surface area contributed by atoms with Crippen LogP contribution in [0.5, 0.6) is 0 Å². The maximum Gasteiger partial charge on any atom is 0.237 e. The Labute approximate surface area is 188 Å². The van der Waals surface area contributed by atoms with Crippen LogP contribution in [0.15, 0.2) is 47.6 Å². The second-order valence-corrected chi connectivity index (χ2v) is 8.91. The van der Waals surface area contributed by atoms with Gasteiger partial charge in [-0.05, 0) is 70.4 Å². The molecule has 0 radical (unpaired) electrons. The number of anilines is 1. The van der Waals surface area contributed by atoms with Crippen LogP contribution >= 0.6 is 23.4 Å². The van der Waals surface area contributed by atoms with Crippen molar-refractivity contribution in [3.63, 3.8) is 0 Å². The topological polar surface area (TPSA) is 63.1 Å². The summed E-state index contributed by atoms with van der Waals surface area (Å²) in [6, 6.07) is 9.92. The normalized spacial score (nSPS) is 13.3. The van der Waals surface area contributed by atoms with E-state index in [0.717, 1.165) is 6.07 Å². The molecule has 2 aromatic carbocycles. The predicted octanol–water partition coefficient (Wildman–Crippen LogP) is 4.94. The molecule has 0 saturated carbocycles. The van der Waals surface area contributed by atoms with E-state index in [9.17, 15) is 13.6 Å². The third-order valence-electron chi connectivity index (χ3n) is 4.73. The van der Waals surface area contributed by atoms with Gasteiger partial charge in [0.25, 0.3) is 0 Å². The van der Waals surface area contributed by atoms with Gasteiger partial charge >= 0.3 is 0 Å². The molecule has 164 valence electrons. The van der Waals surface area contributed by atoms with E-state index in [1.807, 2.05) is 25.9 Å². The lowest BCUT2D eigenvalue weighted by Gasteiger charge is -2.21.